The smallest absolute Gasteiger partial charge is 0.315 e. The van der Waals surface area contributed by atoms with E-state index in [0.717, 1.165) is 25.2 Å². The molecule has 2 amide bonds. The Hall–Kier alpha value is -1.20. The van der Waals surface area contributed by atoms with Crippen LogP contribution in [0.4, 0.5) is 4.79 Å². The Morgan fingerprint density at radius 3 is 2.86 bits per heavy atom. The number of benzene rings is 1. The van der Waals surface area contributed by atoms with E-state index >= 15 is 0 Å². The minimum Gasteiger partial charge on any atom is -0.376 e. The largest absolute Gasteiger partial charge is 0.376 e. The van der Waals surface area contributed by atoms with Crippen molar-refractivity contribution in [3.8, 4) is 0 Å². The molecule has 0 aromatic heterocycles. The highest BCUT2D eigenvalue weighted by Crippen LogP contribution is 2.17. The second kappa shape index (κ2) is 8.29. The van der Waals surface area contributed by atoms with Gasteiger partial charge in [0.2, 0.25) is 0 Å². The highest BCUT2D eigenvalue weighted by atomic mass is 32.2. The van der Waals surface area contributed by atoms with Gasteiger partial charge in [0.1, 0.15) is 0 Å². The fourth-order valence-corrected chi connectivity index (χ4v) is 3.08. The maximum atomic E-state index is 11.8. The van der Waals surface area contributed by atoms with Crippen LogP contribution in [-0.2, 0) is 4.74 Å². The first kappa shape index (κ1) is 16.2. The standard InChI is InChI=1S/C16H24N2O2S/c1-12-5-7-14(8-6-12)21-11-9-17-16(19)18-13(2)15-4-3-10-20-15/h5-8,13,15H,3-4,9-11H2,1-2H3,(H2,17,18,19). The lowest BCUT2D eigenvalue weighted by Crippen LogP contribution is -2.46. The number of nitrogens with one attached hydrogen (secondary N) is 2. The Morgan fingerprint density at radius 2 is 2.19 bits per heavy atom. The number of aryl methyl sites for hydroxylation is 1. The van der Waals surface area contributed by atoms with Gasteiger partial charge in [-0.05, 0) is 38.8 Å². The fourth-order valence-electron chi connectivity index (χ4n) is 2.32. The molecule has 21 heavy (non-hydrogen) atoms. The van der Waals surface area contributed by atoms with Crippen LogP contribution in [0.5, 0.6) is 0 Å². The number of carbonyl (C=O) groups is 1. The van der Waals surface area contributed by atoms with Crippen LogP contribution in [0, 0.1) is 6.92 Å². The lowest BCUT2D eigenvalue weighted by molar-refractivity contribution is 0.0861. The monoisotopic (exact) mass is 308 g/mol. The molecule has 2 rings (SSSR count). The maximum Gasteiger partial charge on any atom is 0.315 e. The second-order valence-corrected chi connectivity index (χ2v) is 6.57. The lowest BCUT2D eigenvalue weighted by Gasteiger charge is -2.20. The Morgan fingerprint density at radius 1 is 1.43 bits per heavy atom. The molecule has 1 aromatic rings. The van der Waals surface area contributed by atoms with Crippen LogP contribution in [-0.4, -0.2) is 37.1 Å². The van der Waals surface area contributed by atoms with Crippen LogP contribution in [0.3, 0.4) is 0 Å². The number of amides is 2. The zero-order valence-electron chi connectivity index (χ0n) is 12.7. The summed E-state index contributed by atoms with van der Waals surface area (Å²) < 4.78 is 5.56. The van der Waals surface area contributed by atoms with Crippen molar-refractivity contribution in [1.82, 2.24) is 10.6 Å². The number of thioether (sulfide) groups is 1. The van der Waals surface area contributed by atoms with Gasteiger partial charge in [0.25, 0.3) is 0 Å². The summed E-state index contributed by atoms with van der Waals surface area (Å²) >= 11 is 1.75. The molecule has 0 spiro atoms. The molecule has 0 radical (unpaired) electrons. The van der Waals surface area contributed by atoms with E-state index < -0.39 is 0 Å². The lowest BCUT2D eigenvalue weighted by atomic mass is 10.1. The van der Waals surface area contributed by atoms with Crippen molar-refractivity contribution in [1.29, 1.82) is 0 Å². The third kappa shape index (κ3) is 5.59. The molecule has 1 saturated heterocycles. The Labute approximate surface area is 131 Å². The average molecular weight is 308 g/mol. The number of carbonyl (C=O) groups excluding carboxylic acids is 1. The first-order valence-electron chi connectivity index (χ1n) is 7.50. The molecule has 4 nitrogen and oxygen atoms in total. The summed E-state index contributed by atoms with van der Waals surface area (Å²) in [7, 11) is 0. The molecule has 1 fully saturated rings. The minimum absolute atomic E-state index is 0.0669. The summed E-state index contributed by atoms with van der Waals surface area (Å²) in [5.74, 6) is 0.866. The zero-order valence-corrected chi connectivity index (χ0v) is 13.5. The summed E-state index contributed by atoms with van der Waals surface area (Å²) in [5.41, 5.74) is 1.26. The Balaban J connectivity index is 1.59. The van der Waals surface area contributed by atoms with E-state index in [1.54, 1.807) is 11.8 Å². The van der Waals surface area contributed by atoms with Gasteiger partial charge in [0.05, 0.1) is 12.1 Å². The number of hydrogen-bond acceptors (Lipinski definition) is 3. The van der Waals surface area contributed by atoms with Crippen molar-refractivity contribution < 1.29 is 9.53 Å². The number of urea groups is 1. The topological polar surface area (TPSA) is 50.4 Å². The van der Waals surface area contributed by atoms with Crippen molar-refractivity contribution in [2.24, 2.45) is 0 Å². The van der Waals surface area contributed by atoms with Crippen LogP contribution in [0.15, 0.2) is 29.2 Å². The van der Waals surface area contributed by atoms with Crippen LogP contribution >= 0.6 is 11.8 Å². The summed E-state index contributed by atoms with van der Waals surface area (Å²) in [6, 6.07) is 8.39. The van der Waals surface area contributed by atoms with Crippen LogP contribution in [0.1, 0.15) is 25.3 Å². The average Bonchev–Trinajstić information content (AvgIpc) is 3.00. The summed E-state index contributed by atoms with van der Waals surface area (Å²) in [4.78, 5) is 13.0. The van der Waals surface area contributed by atoms with E-state index in [9.17, 15) is 4.79 Å². The molecule has 2 atom stereocenters. The molecule has 2 unspecified atom stereocenters. The van der Waals surface area contributed by atoms with Crippen molar-refractivity contribution in [2.45, 2.75) is 43.7 Å². The van der Waals surface area contributed by atoms with Crippen LogP contribution in [0.2, 0.25) is 0 Å². The zero-order chi connectivity index (χ0) is 15.1. The molecular weight excluding hydrogens is 284 g/mol. The molecule has 5 heteroatoms. The molecule has 1 heterocycles. The van der Waals surface area contributed by atoms with E-state index in [4.69, 9.17) is 4.74 Å². The molecule has 116 valence electrons. The first-order chi connectivity index (χ1) is 10.1. The molecule has 2 N–H and O–H groups in total. The van der Waals surface area contributed by atoms with Gasteiger partial charge in [-0.1, -0.05) is 17.7 Å². The molecular formula is C16H24N2O2S. The molecule has 1 aromatic carbocycles. The maximum absolute atomic E-state index is 11.8. The summed E-state index contributed by atoms with van der Waals surface area (Å²) in [5, 5.41) is 5.84. The van der Waals surface area contributed by atoms with Gasteiger partial charge >= 0.3 is 6.03 Å². The Kier molecular flexibility index (Phi) is 6.39. The van der Waals surface area contributed by atoms with Gasteiger partial charge in [-0.25, -0.2) is 4.79 Å². The third-order valence-electron chi connectivity index (χ3n) is 3.56. The summed E-state index contributed by atoms with van der Waals surface area (Å²) in [6.45, 7) is 5.54. The molecule has 0 aliphatic carbocycles. The van der Waals surface area contributed by atoms with E-state index in [2.05, 4.69) is 41.8 Å². The van der Waals surface area contributed by atoms with Gasteiger partial charge in [-0.2, -0.15) is 0 Å². The van der Waals surface area contributed by atoms with E-state index in [-0.39, 0.29) is 18.2 Å². The van der Waals surface area contributed by atoms with E-state index in [1.807, 2.05) is 6.92 Å². The van der Waals surface area contributed by atoms with Crippen molar-refractivity contribution >= 4 is 17.8 Å². The fraction of sp³-hybridized carbons (Fsp3) is 0.562. The number of ether oxygens (including phenoxy) is 1. The van der Waals surface area contributed by atoms with Crippen LogP contribution in [0.25, 0.3) is 0 Å². The van der Waals surface area contributed by atoms with Gasteiger partial charge in [-0.15, -0.1) is 11.8 Å². The van der Waals surface area contributed by atoms with E-state index in [1.165, 1.54) is 10.5 Å². The molecule has 0 bridgehead atoms. The van der Waals surface area contributed by atoms with Crippen molar-refractivity contribution in [3.63, 3.8) is 0 Å². The predicted molar refractivity (Wildman–Crippen MR) is 86.9 cm³/mol. The van der Waals surface area contributed by atoms with Crippen LogP contribution < -0.4 is 10.6 Å². The second-order valence-electron chi connectivity index (χ2n) is 5.40. The predicted octanol–water partition coefficient (Wildman–Crippen LogP) is 2.95. The highest BCUT2D eigenvalue weighted by molar-refractivity contribution is 7.99. The van der Waals surface area contributed by atoms with Gasteiger partial charge in [0.15, 0.2) is 0 Å². The van der Waals surface area contributed by atoms with Crippen molar-refractivity contribution in [2.75, 3.05) is 18.9 Å². The van der Waals surface area contributed by atoms with E-state index in [0.29, 0.717) is 6.54 Å². The Bertz CT molecular complexity index is 444. The number of hydrogen-bond donors (Lipinski definition) is 2. The quantitative estimate of drug-likeness (QED) is 0.627. The molecule has 1 aliphatic rings. The van der Waals surface area contributed by atoms with Crippen molar-refractivity contribution in [3.05, 3.63) is 29.8 Å². The normalized spacial score (nSPS) is 19.2. The van der Waals surface area contributed by atoms with Gasteiger partial charge in [0, 0.05) is 23.8 Å². The number of rotatable bonds is 6. The SMILES string of the molecule is Cc1ccc(SCCNC(=O)NC(C)C2CCCO2)cc1. The highest BCUT2D eigenvalue weighted by Gasteiger charge is 2.23. The third-order valence-corrected chi connectivity index (χ3v) is 4.57. The first-order valence-corrected chi connectivity index (χ1v) is 8.49. The minimum atomic E-state index is -0.109. The summed E-state index contributed by atoms with van der Waals surface area (Å²) in [6.07, 6.45) is 2.29. The molecule has 1 aliphatic heterocycles. The van der Waals surface area contributed by atoms with Gasteiger partial charge in [-0.3, -0.25) is 0 Å². The molecule has 0 saturated carbocycles. The van der Waals surface area contributed by atoms with Gasteiger partial charge < -0.3 is 15.4 Å².